The van der Waals surface area contributed by atoms with Crippen LogP contribution < -0.4 is 0 Å². The molecule has 0 radical (unpaired) electrons. The minimum absolute atomic E-state index is 0.0179. The van der Waals surface area contributed by atoms with Crippen LogP contribution in [-0.2, 0) is 14.3 Å². The SMILES string of the molecule is CC1OCCC1C(=O)C1=CCCO1. The van der Waals surface area contributed by atoms with Crippen molar-refractivity contribution in [1.82, 2.24) is 0 Å². The van der Waals surface area contributed by atoms with Crippen LogP contribution in [-0.4, -0.2) is 25.1 Å². The Morgan fingerprint density at radius 3 is 2.92 bits per heavy atom. The molecule has 3 heteroatoms. The number of ether oxygens (including phenoxy) is 2. The summed E-state index contributed by atoms with van der Waals surface area (Å²) < 4.78 is 10.6. The van der Waals surface area contributed by atoms with Crippen LogP contribution in [0.2, 0.25) is 0 Å². The number of carbonyl (C=O) groups excluding carboxylic acids is 1. The zero-order valence-corrected chi connectivity index (χ0v) is 7.79. The molecule has 2 atom stereocenters. The Kier molecular flexibility index (Phi) is 2.36. The van der Waals surface area contributed by atoms with Gasteiger partial charge in [0.05, 0.1) is 18.6 Å². The maximum atomic E-state index is 11.8. The second kappa shape index (κ2) is 3.50. The first-order valence-corrected chi connectivity index (χ1v) is 4.78. The van der Waals surface area contributed by atoms with Gasteiger partial charge in [-0.25, -0.2) is 0 Å². The number of allylic oxidation sites excluding steroid dienone is 1. The summed E-state index contributed by atoms with van der Waals surface area (Å²) in [5.41, 5.74) is 0. The normalized spacial score (nSPS) is 32.8. The highest BCUT2D eigenvalue weighted by Crippen LogP contribution is 2.26. The highest BCUT2D eigenvalue weighted by Gasteiger charge is 2.33. The highest BCUT2D eigenvalue weighted by atomic mass is 16.5. The first-order chi connectivity index (χ1) is 6.29. The van der Waals surface area contributed by atoms with Crippen molar-refractivity contribution in [2.75, 3.05) is 13.2 Å². The zero-order valence-electron chi connectivity index (χ0n) is 7.79. The van der Waals surface area contributed by atoms with Crippen LogP contribution in [0.4, 0.5) is 0 Å². The lowest BCUT2D eigenvalue weighted by Crippen LogP contribution is -2.23. The zero-order chi connectivity index (χ0) is 9.26. The number of hydrogen-bond acceptors (Lipinski definition) is 3. The Morgan fingerprint density at radius 1 is 1.54 bits per heavy atom. The van der Waals surface area contributed by atoms with E-state index in [2.05, 4.69) is 0 Å². The van der Waals surface area contributed by atoms with E-state index in [0.29, 0.717) is 19.0 Å². The van der Waals surface area contributed by atoms with Crippen LogP contribution >= 0.6 is 0 Å². The Morgan fingerprint density at radius 2 is 2.38 bits per heavy atom. The maximum absolute atomic E-state index is 11.8. The third-order valence-corrected chi connectivity index (χ3v) is 2.66. The molecule has 0 spiro atoms. The van der Waals surface area contributed by atoms with Gasteiger partial charge >= 0.3 is 0 Å². The molecule has 13 heavy (non-hydrogen) atoms. The van der Waals surface area contributed by atoms with Gasteiger partial charge in [-0.1, -0.05) is 0 Å². The lowest BCUT2D eigenvalue weighted by Gasteiger charge is -2.12. The van der Waals surface area contributed by atoms with Crippen molar-refractivity contribution in [3.63, 3.8) is 0 Å². The molecule has 1 fully saturated rings. The van der Waals surface area contributed by atoms with Gasteiger partial charge in [0.15, 0.2) is 5.76 Å². The van der Waals surface area contributed by atoms with Crippen molar-refractivity contribution in [2.24, 2.45) is 5.92 Å². The third kappa shape index (κ3) is 1.61. The smallest absolute Gasteiger partial charge is 0.202 e. The molecule has 0 N–H and O–H groups in total. The van der Waals surface area contributed by atoms with Crippen molar-refractivity contribution in [1.29, 1.82) is 0 Å². The molecule has 0 saturated carbocycles. The second-order valence-corrected chi connectivity index (χ2v) is 3.54. The predicted molar refractivity (Wildman–Crippen MR) is 47.2 cm³/mol. The Bertz CT molecular complexity index is 245. The fourth-order valence-corrected chi connectivity index (χ4v) is 1.85. The van der Waals surface area contributed by atoms with E-state index in [9.17, 15) is 4.79 Å². The molecule has 2 unspecified atom stereocenters. The van der Waals surface area contributed by atoms with Crippen LogP contribution in [0.3, 0.4) is 0 Å². The number of Topliss-reactive ketones (excluding diaryl/α,β-unsaturated/α-hetero) is 1. The summed E-state index contributed by atoms with van der Waals surface area (Å²) in [5, 5.41) is 0. The molecule has 2 heterocycles. The van der Waals surface area contributed by atoms with Crippen molar-refractivity contribution >= 4 is 5.78 Å². The number of rotatable bonds is 2. The molecule has 0 aliphatic carbocycles. The molecule has 2 aliphatic heterocycles. The lowest BCUT2D eigenvalue weighted by atomic mass is 9.96. The number of hydrogen-bond donors (Lipinski definition) is 0. The van der Waals surface area contributed by atoms with Crippen LogP contribution in [0, 0.1) is 5.92 Å². The minimum atomic E-state index is 0.0179. The summed E-state index contributed by atoms with van der Waals surface area (Å²) in [5.74, 6) is 0.703. The summed E-state index contributed by atoms with van der Waals surface area (Å²) >= 11 is 0. The van der Waals surface area contributed by atoms with Gasteiger partial charge < -0.3 is 9.47 Å². The summed E-state index contributed by atoms with van der Waals surface area (Å²) in [7, 11) is 0. The maximum Gasteiger partial charge on any atom is 0.202 e. The molecule has 1 saturated heterocycles. The van der Waals surface area contributed by atoms with Crippen molar-refractivity contribution < 1.29 is 14.3 Å². The molecular formula is C10H14O3. The van der Waals surface area contributed by atoms with E-state index < -0.39 is 0 Å². The Balaban J connectivity index is 2.03. The highest BCUT2D eigenvalue weighted by molar-refractivity contribution is 5.96. The van der Waals surface area contributed by atoms with Gasteiger partial charge in [0, 0.05) is 13.0 Å². The van der Waals surface area contributed by atoms with Crippen LogP contribution in [0.15, 0.2) is 11.8 Å². The number of carbonyl (C=O) groups is 1. The quantitative estimate of drug-likeness (QED) is 0.645. The summed E-state index contributed by atoms with van der Waals surface area (Å²) in [4.78, 5) is 11.8. The molecule has 0 aromatic carbocycles. The first-order valence-electron chi connectivity index (χ1n) is 4.78. The average Bonchev–Trinajstić information content (AvgIpc) is 2.72. The summed E-state index contributed by atoms with van der Waals surface area (Å²) in [6.07, 6.45) is 3.63. The molecule has 0 aromatic rings. The van der Waals surface area contributed by atoms with Gasteiger partial charge in [-0.15, -0.1) is 0 Å². The number of ketones is 1. The third-order valence-electron chi connectivity index (χ3n) is 2.66. The monoisotopic (exact) mass is 182 g/mol. The van der Waals surface area contributed by atoms with E-state index in [1.807, 2.05) is 13.0 Å². The largest absolute Gasteiger partial charge is 0.490 e. The van der Waals surface area contributed by atoms with Crippen LogP contribution in [0.5, 0.6) is 0 Å². The van der Waals surface area contributed by atoms with E-state index in [4.69, 9.17) is 9.47 Å². The van der Waals surface area contributed by atoms with Gasteiger partial charge in [-0.2, -0.15) is 0 Å². The average molecular weight is 182 g/mol. The van der Waals surface area contributed by atoms with Crippen molar-refractivity contribution in [3.05, 3.63) is 11.8 Å². The fraction of sp³-hybridized carbons (Fsp3) is 0.700. The molecule has 3 nitrogen and oxygen atoms in total. The van der Waals surface area contributed by atoms with E-state index in [1.54, 1.807) is 0 Å². The van der Waals surface area contributed by atoms with Gasteiger partial charge in [0.25, 0.3) is 0 Å². The molecule has 0 bridgehead atoms. The topological polar surface area (TPSA) is 35.5 Å². The van der Waals surface area contributed by atoms with Crippen LogP contribution in [0.25, 0.3) is 0 Å². The molecule has 72 valence electrons. The Hall–Kier alpha value is -0.830. The summed E-state index contributed by atoms with van der Waals surface area (Å²) in [6.45, 7) is 3.30. The van der Waals surface area contributed by atoms with Gasteiger partial charge in [-0.05, 0) is 19.4 Å². The lowest BCUT2D eigenvalue weighted by molar-refractivity contribution is -0.123. The van der Waals surface area contributed by atoms with Crippen LogP contribution in [0.1, 0.15) is 19.8 Å². The van der Waals surface area contributed by atoms with Crippen molar-refractivity contribution in [3.8, 4) is 0 Å². The predicted octanol–water partition coefficient (Wildman–Crippen LogP) is 1.28. The summed E-state index contributed by atoms with van der Waals surface area (Å²) in [6, 6.07) is 0. The minimum Gasteiger partial charge on any atom is -0.490 e. The molecule has 2 aliphatic rings. The fourth-order valence-electron chi connectivity index (χ4n) is 1.85. The standard InChI is InChI=1S/C10H14O3/c1-7-8(4-6-12-7)10(11)9-3-2-5-13-9/h3,7-8H,2,4-6H2,1H3. The van der Waals surface area contributed by atoms with Gasteiger partial charge in [-0.3, -0.25) is 4.79 Å². The first kappa shape index (κ1) is 8.75. The molecular weight excluding hydrogens is 168 g/mol. The van der Waals surface area contributed by atoms with E-state index in [1.165, 1.54) is 0 Å². The molecule has 0 amide bonds. The second-order valence-electron chi connectivity index (χ2n) is 3.54. The van der Waals surface area contributed by atoms with E-state index >= 15 is 0 Å². The van der Waals surface area contributed by atoms with E-state index in [0.717, 1.165) is 12.8 Å². The van der Waals surface area contributed by atoms with E-state index in [-0.39, 0.29) is 17.8 Å². The molecule has 2 rings (SSSR count). The van der Waals surface area contributed by atoms with Gasteiger partial charge in [0.1, 0.15) is 0 Å². The van der Waals surface area contributed by atoms with Crippen molar-refractivity contribution in [2.45, 2.75) is 25.9 Å². The molecule has 0 aromatic heterocycles. The van der Waals surface area contributed by atoms with Gasteiger partial charge in [0.2, 0.25) is 5.78 Å². The Labute approximate surface area is 77.7 Å².